The first-order valence-electron chi connectivity index (χ1n) is 13.8. The lowest BCUT2D eigenvalue weighted by molar-refractivity contribution is -0.0696. The largest absolute Gasteiger partial charge is 0.458 e. The van der Waals surface area contributed by atoms with Gasteiger partial charge in [0.2, 0.25) is 0 Å². The zero-order valence-electron chi connectivity index (χ0n) is 20.9. The first kappa shape index (κ1) is 26.5. The van der Waals surface area contributed by atoms with Crippen molar-refractivity contribution in [1.29, 1.82) is 0 Å². The first-order valence-corrected chi connectivity index (χ1v) is 13.8. The summed E-state index contributed by atoms with van der Waals surface area (Å²) >= 11 is 0. The van der Waals surface area contributed by atoms with Gasteiger partial charge in [0.05, 0.1) is 5.56 Å². The van der Waals surface area contributed by atoms with Crippen molar-refractivity contribution in [3.8, 4) is 11.8 Å². The van der Waals surface area contributed by atoms with E-state index in [1.165, 1.54) is 76.3 Å². The molecule has 1 aromatic rings. The van der Waals surface area contributed by atoms with Crippen molar-refractivity contribution in [3.05, 3.63) is 34.9 Å². The lowest BCUT2D eigenvalue weighted by atomic mass is 9.64. The fourth-order valence-corrected chi connectivity index (χ4v) is 7.45. The van der Waals surface area contributed by atoms with Crippen LogP contribution < -0.4 is 0 Å². The average Bonchev–Trinajstić information content (AvgIpc) is 2.84. The van der Waals surface area contributed by atoms with Crippen LogP contribution in [-0.4, -0.2) is 6.18 Å². The minimum Gasteiger partial charge on any atom is -0.206 e. The lowest BCUT2D eigenvalue weighted by Gasteiger charge is -2.41. The third-order valence-corrected chi connectivity index (χ3v) is 9.38. The molecule has 0 saturated heterocycles. The standard InChI is InChI=1S/C30H39F5/c1-2-3-20-4-6-21(7-5-20)22-8-10-23(11-9-22)24-12-14-25(15-13-24)26-18-28(31)27(29(32)19-26)16-17-30(33,34)35/h18-25H,2-15H2,1H3. The fourth-order valence-electron chi connectivity index (χ4n) is 7.45. The van der Waals surface area contributed by atoms with Gasteiger partial charge in [-0.05, 0) is 117 Å². The van der Waals surface area contributed by atoms with Crippen LogP contribution in [0.15, 0.2) is 12.1 Å². The van der Waals surface area contributed by atoms with E-state index in [0.29, 0.717) is 11.5 Å². The molecule has 0 nitrogen and oxygen atoms in total. The van der Waals surface area contributed by atoms with Gasteiger partial charge in [0.15, 0.2) is 0 Å². The van der Waals surface area contributed by atoms with Crippen LogP contribution in [0, 0.1) is 53.1 Å². The summed E-state index contributed by atoms with van der Waals surface area (Å²) in [6, 6.07) is 2.38. The second-order valence-electron chi connectivity index (χ2n) is 11.5. The number of hydrogen-bond acceptors (Lipinski definition) is 0. The van der Waals surface area contributed by atoms with Crippen LogP contribution in [0.25, 0.3) is 0 Å². The van der Waals surface area contributed by atoms with Gasteiger partial charge in [0.1, 0.15) is 11.6 Å². The summed E-state index contributed by atoms with van der Waals surface area (Å²) < 4.78 is 65.6. The normalized spacial score (nSPS) is 32.1. The van der Waals surface area contributed by atoms with Crippen molar-refractivity contribution < 1.29 is 22.0 Å². The van der Waals surface area contributed by atoms with E-state index in [4.69, 9.17) is 0 Å². The van der Waals surface area contributed by atoms with Gasteiger partial charge in [-0.15, -0.1) is 0 Å². The summed E-state index contributed by atoms with van der Waals surface area (Å²) in [5.74, 6) is 4.92. The fraction of sp³-hybridized carbons (Fsp3) is 0.733. The van der Waals surface area contributed by atoms with Gasteiger partial charge in [0, 0.05) is 5.92 Å². The molecule has 0 N–H and O–H groups in total. The molecule has 3 fully saturated rings. The number of hydrogen-bond donors (Lipinski definition) is 0. The van der Waals surface area contributed by atoms with Crippen LogP contribution in [0.5, 0.6) is 0 Å². The van der Waals surface area contributed by atoms with E-state index >= 15 is 0 Å². The Morgan fingerprint density at radius 3 is 1.57 bits per heavy atom. The summed E-state index contributed by atoms with van der Waals surface area (Å²) in [4.78, 5) is 0. The van der Waals surface area contributed by atoms with Crippen LogP contribution in [0.2, 0.25) is 0 Å². The molecule has 0 heterocycles. The van der Waals surface area contributed by atoms with Crippen molar-refractivity contribution in [2.45, 2.75) is 109 Å². The van der Waals surface area contributed by atoms with E-state index in [-0.39, 0.29) is 5.92 Å². The highest BCUT2D eigenvalue weighted by Crippen LogP contribution is 2.47. The molecule has 3 saturated carbocycles. The Hall–Kier alpha value is -1.57. The quantitative estimate of drug-likeness (QED) is 0.282. The zero-order chi connectivity index (χ0) is 25.0. The molecule has 1 aromatic carbocycles. The zero-order valence-corrected chi connectivity index (χ0v) is 20.9. The monoisotopic (exact) mass is 494 g/mol. The second kappa shape index (κ2) is 11.7. The van der Waals surface area contributed by atoms with E-state index in [1.54, 1.807) is 5.92 Å². The molecule has 5 heteroatoms. The topological polar surface area (TPSA) is 0 Å². The van der Waals surface area contributed by atoms with E-state index in [0.717, 1.165) is 55.3 Å². The summed E-state index contributed by atoms with van der Waals surface area (Å²) in [6.07, 6.45) is 13.0. The predicted molar refractivity (Wildman–Crippen MR) is 130 cm³/mol. The third kappa shape index (κ3) is 7.01. The van der Waals surface area contributed by atoms with Gasteiger partial charge in [-0.3, -0.25) is 0 Å². The van der Waals surface area contributed by atoms with Gasteiger partial charge < -0.3 is 0 Å². The molecular formula is C30H39F5. The van der Waals surface area contributed by atoms with E-state index in [2.05, 4.69) is 6.92 Å². The average molecular weight is 495 g/mol. The summed E-state index contributed by atoms with van der Waals surface area (Å²) in [5.41, 5.74) is -0.242. The number of alkyl halides is 3. The molecule has 3 aliphatic carbocycles. The maximum Gasteiger partial charge on any atom is 0.458 e. The Balaban J connectivity index is 1.26. The Morgan fingerprint density at radius 2 is 1.14 bits per heavy atom. The molecule has 0 bridgehead atoms. The van der Waals surface area contributed by atoms with Crippen molar-refractivity contribution in [3.63, 3.8) is 0 Å². The van der Waals surface area contributed by atoms with Crippen LogP contribution in [0.4, 0.5) is 22.0 Å². The predicted octanol–water partition coefficient (Wildman–Crippen LogP) is 9.57. The minimum absolute atomic E-state index is 0.0644. The van der Waals surface area contributed by atoms with Crippen molar-refractivity contribution >= 4 is 0 Å². The molecule has 0 spiro atoms. The molecule has 194 valence electrons. The molecule has 0 atom stereocenters. The smallest absolute Gasteiger partial charge is 0.206 e. The molecular weight excluding hydrogens is 455 g/mol. The van der Waals surface area contributed by atoms with Gasteiger partial charge >= 0.3 is 6.18 Å². The maximum absolute atomic E-state index is 14.3. The molecule has 0 aromatic heterocycles. The molecule has 0 aliphatic heterocycles. The molecule has 4 rings (SSSR count). The molecule has 0 amide bonds. The second-order valence-corrected chi connectivity index (χ2v) is 11.5. The van der Waals surface area contributed by atoms with Crippen LogP contribution >= 0.6 is 0 Å². The van der Waals surface area contributed by atoms with Crippen LogP contribution in [-0.2, 0) is 0 Å². The highest BCUT2D eigenvalue weighted by molar-refractivity contribution is 5.40. The SMILES string of the molecule is CCCC1CCC(C2CCC(C3CCC(c4cc(F)c(C#CC(F)(F)F)c(F)c4)CC3)CC2)CC1. The molecule has 3 aliphatic rings. The van der Waals surface area contributed by atoms with E-state index in [1.807, 2.05) is 0 Å². The Morgan fingerprint density at radius 1 is 0.714 bits per heavy atom. The number of halogens is 5. The Bertz CT molecular complexity index is 861. The van der Waals surface area contributed by atoms with Gasteiger partial charge in [0.25, 0.3) is 0 Å². The van der Waals surface area contributed by atoms with Crippen molar-refractivity contribution in [2.24, 2.45) is 29.6 Å². The Kier molecular flexibility index (Phi) is 8.82. The van der Waals surface area contributed by atoms with Crippen LogP contribution in [0.1, 0.15) is 114 Å². The maximum atomic E-state index is 14.3. The Labute approximate surface area is 207 Å². The number of benzene rings is 1. The third-order valence-electron chi connectivity index (χ3n) is 9.38. The first-order chi connectivity index (χ1) is 16.7. The number of rotatable bonds is 5. The molecule has 0 unspecified atom stereocenters. The summed E-state index contributed by atoms with van der Waals surface area (Å²) in [5, 5.41) is 0. The lowest BCUT2D eigenvalue weighted by Crippen LogP contribution is -2.29. The molecule has 35 heavy (non-hydrogen) atoms. The minimum atomic E-state index is -4.77. The van der Waals surface area contributed by atoms with Gasteiger partial charge in [-0.25, -0.2) is 8.78 Å². The van der Waals surface area contributed by atoms with Crippen molar-refractivity contribution in [1.82, 2.24) is 0 Å². The van der Waals surface area contributed by atoms with E-state index < -0.39 is 23.4 Å². The summed E-state index contributed by atoms with van der Waals surface area (Å²) in [7, 11) is 0. The van der Waals surface area contributed by atoms with Crippen LogP contribution in [0.3, 0.4) is 0 Å². The van der Waals surface area contributed by atoms with Crippen molar-refractivity contribution in [2.75, 3.05) is 0 Å². The molecule has 0 radical (unpaired) electrons. The highest BCUT2D eigenvalue weighted by Gasteiger charge is 2.35. The van der Waals surface area contributed by atoms with Gasteiger partial charge in [-0.2, -0.15) is 13.2 Å². The van der Waals surface area contributed by atoms with Gasteiger partial charge in [-0.1, -0.05) is 38.5 Å². The highest BCUT2D eigenvalue weighted by atomic mass is 19.4. The van der Waals surface area contributed by atoms with E-state index in [9.17, 15) is 22.0 Å². The summed E-state index contributed by atoms with van der Waals surface area (Å²) in [6.45, 7) is 2.30.